The van der Waals surface area contributed by atoms with Crippen LogP contribution in [0, 0.1) is 17.7 Å². The summed E-state index contributed by atoms with van der Waals surface area (Å²) in [5.41, 5.74) is 0.0367. The minimum atomic E-state index is -0.555. The summed E-state index contributed by atoms with van der Waals surface area (Å²) in [7, 11) is 0. The van der Waals surface area contributed by atoms with Crippen molar-refractivity contribution in [3.8, 4) is 0 Å². The van der Waals surface area contributed by atoms with Crippen LogP contribution < -0.4 is 0 Å². The molecule has 1 saturated heterocycles. The molecule has 0 amide bonds. The van der Waals surface area contributed by atoms with Gasteiger partial charge < -0.3 is 4.74 Å². The summed E-state index contributed by atoms with van der Waals surface area (Å²) >= 11 is 9.08. The highest BCUT2D eigenvalue weighted by atomic mass is 79.9. The van der Waals surface area contributed by atoms with Crippen LogP contribution >= 0.6 is 27.5 Å². The Morgan fingerprint density at radius 3 is 2.47 bits per heavy atom. The summed E-state index contributed by atoms with van der Waals surface area (Å²) < 4.78 is 20.0. The minimum absolute atomic E-state index is 0.00192. The largest absolute Gasteiger partial charge is 0.374 e. The number of hydrogen-bond donors (Lipinski definition) is 0. The second-order valence-corrected chi connectivity index (χ2v) is 6.30. The zero-order valence-electron chi connectivity index (χ0n) is 10.9. The Hall–Kier alpha value is -0.450. The number of ether oxygens (including phenoxy) is 1. The second kappa shape index (κ2) is 5.51. The fourth-order valence-corrected chi connectivity index (χ4v) is 3.09. The summed E-state index contributed by atoms with van der Waals surface area (Å²) in [4.78, 5) is 12.5. The Labute approximate surface area is 125 Å². The third-order valence-corrected chi connectivity index (χ3v) is 5.02. The molecule has 4 atom stereocenters. The minimum Gasteiger partial charge on any atom is -0.374 e. The molecule has 0 N–H and O–H groups in total. The van der Waals surface area contributed by atoms with Gasteiger partial charge in [-0.2, -0.15) is 0 Å². The van der Waals surface area contributed by atoms with Crippen LogP contribution in [0.2, 0.25) is 5.02 Å². The predicted molar refractivity (Wildman–Crippen MR) is 76.1 cm³/mol. The van der Waals surface area contributed by atoms with E-state index < -0.39 is 5.82 Å². The van der Waals surface area contributed by atoms with Crippen molar-refractivity contribution in [3.05, 3.63) is 33.0 Å². The maximum absolute atomic E-state index is 13.9. The van der Waals surface area contributed by atoms with Crippen LogP contribution in [0.4, 0.5) is 4.39 Å². The van der Waals surface area contributed by atoms with Crippen molar-refractivity contribution >= 4 is 33.3 Å². The van der Waals surface area contributed by atoms with E-state index in [1.54, 1.807) is 0 Å². The summed E-state index contributed by atoms with van der Waals surface area (Å²) in [5.74, 6) is -1.07. The molecule has 1 heterocycles. The molecule has 1 aromatic rings. The molecule has 0 radical (unpaired) electrons. The van der Waals surface area contributed by atoms with Crippen LogP contribution in [0.5, 0.6) is 0 Å². The highest BCUT2D eigenvalue weighted by Gasteiger charge is 2.42. The van der Waals surface area contributed by atoms with Crippen LogP contribution in [0.3, 0.4) is 0 Å². The molecule has 0 aromatic heterocycles. The third kappa shape index (κ3) is 2.71. The molecule has 0 aliphatic carbocycles. The Kier molecular flexibility index (Phi) is 4.33. The first-order valence-corrected chi connectivity index (χ1v) is 7.34. The summed E-state index contributed by atoms with van der Waals surface area (Å²) in [6, 6.07) is 2.61. The molecule has 2 nitrogen and oxygen atoms in total. The van der Waals surface area contributed by atoms with Gasteiger partial charge in [-0.1, -0.05) is 18.5 Å². The molecular weight excluding hydrogens is 335 g/mol. The van der Waals surface area contributed by atoms with E-state index in [9.17, 15) is 9.18 Å². The first-order chi connectivity index (χ1) is 8.82. The Bertz CT molecular complexity index is 520. The van der Waals surface area contributed by atoms with Crippen molar-refractivity contribution in [2.45, 2.75) is 33.0 Å². The molecule has 1 aromatic carbocycles. The van der Waals surface area contributed by atoms with E-state index in [0.29, 0.717) is 9.50 Å². The summed E-state index contributed by atoms with van der Waals surface area (Å²) in [6.07, 6.45) is -0.211. The van der Waals surface area contributed by atoms with Crippen molar-refractivity contribution in [1.82, 2.24) is 0 Å². The van der Waals surface area contributed by atoms with Gasteiger partial charge in [0.25, 0.3) is 0 Å². The van der Waals surface area contributed by atoms with Gasteiger partial charge in [-0.15, -0.1) is 0 Å². The Morgan fingerprint density at radius 2 is 1.95 bits per heavy atom. The number of hydrogen-bond acceptors (Lipinski definition) is 2. The van der Waals surface area contributed by atoms with E-state index in [4.69, 9.17) is 16.3 Å². The molecule has 104 valence electrons. The van der Waals surface area contributed by atoms with Crippen LogP contribution in [0.25, 0.3) is 0 Å². The smallest absolute Gasteiger partial charge is 0.171 e. The number of Topliss-reactive ketones (excluding diaryl/α,β-unsaturated/α-hetero) is 1. The molecule has 1 fully saturated rings. The van der Waals surface area contributed by atoms with Crippen LogP contribution in [0.1, 0.15) is 31.1 Å². The molecule has 0 saturated carbocycles. The summed E-state index contributed by atoms with van der Waals surface area (Å²) in [6.45, 7) is 5.73. The lowest BCUT2D eigenvalue weighted by Gasteiger charge is -2.17. The Morgan fingerprint density at radius 1 is 1.32 bits per heavy atom. The van der Waals surface area contributed by atoms with Crippen LogP contribution in [-0.4, -0.2) is 18.0 Å². The molecule has 19 heavy (non-hydrogen) atoms. The fourth-order valence-electron chi connectivity index (χ4n) is 2.61. The number of carbonyl (C=O) groups excluding carboxylic acids is 1. The zero-order chi connectivity index (χ0) is 14.3. The van der Waals surface area contributed by atoms with Gasteiger partial charge in [-0.25, -0.2) is 4.39 Å². The maximum Gasteiger partial charge on any atom is 0.171 e. The van der Waals surface area contributed by atoms with Crippen molar-refractivity contribution < 1.29 is 13.9 Å². The maximum atomic E-state index is 13.9. The first-order valence-electron chi connectivity index (χ1n) is 6.17. The van der Waals surface area contributed by atoms with Crippen molar-refractivity contribution in [2.24, 2.45) is 11.8 Å². The predicted octanol–water partition coefficient (Wildman–Crippen LogP) is 4.48. The lowest BCUT2D eigenvalue weighted by molar-refractivity contribution is 0.0490. The highest BCUT2D eigenvalue weighted by Crippen LogP contribution is 2.36. The van der Waals surface area contributed by atoms with E-state index in [0.717, 1.165) is 0 Å². The normalized spacial score (nSPS) is 30.6. The molecule has 1 aliphatic heterocycles. The molecule has 0 bridgehead atoms. The van der Waals surface area contributed by atoms with E-state index in [2.05, 4.69) is 15.9 Å². The van der Waals surface area contributed by atoms with Crippen LogP contribution in [-0.2, 0) is 4.74 Å². The molecule has 0 spiro atoms. The lowest BCUT2D eigenvalue weighted by Crippen LogP contribution is -2.27. The van der Waals surface area contributed by atoms with Gasteiger partial charge in [0.1, 0.15) is 5.82 Å². The van der Waals surface area contributed by atoms with E-state index >= 15 is 0 Å². The number of carbonyl (C=O) groups is 1. The van der Waals surface area contributed by atoms with Gasteiger partial charge in [0.15, 0.2) is 5.78 Å². The topological polar surface area (TPSA) is 26.3 Å². The average molecular weight is 350 g/mol. The van der Waals surface area contributed by atoms with Crippen molar-refractivity contribution in [3.63, 3.8) is 0 Å². The molecule has 5 heteroatoms. The SMILES string of the molecule is CC1OC(C)C(C(=O)c2cc(Cl)c(Br)cc2F)C1C. The van der Waals surface area contributed by atoms with E-state index in [1.165, 1.54) is 12.1 Å². The van der Waals surface area contributed by atoms with Gasteiger partial charge in [-0.3, -0.25) is 4.79 Å². The van der Waals surface area contributed by atoms with Gasteiger partial charge in [0, 0.05) is 4.47 Å². The zero-order valence-corrected chi connectivity index (χ0v) is 13.3. The first kappa shape index (κ1) is 14.9. The van der Waals surface area contributed by atoms with Crippen LogP contribution in [0.15, 0.2) is 16.6 Å². The lowest BCUT2D eigenvalue weighted by atomic mass is 9.83. The molecule has 2 rings (SSSR count). The highest BCUT2D eigenvalue weighted by molar-refractivity contribution is 9.10. The third-order valence-electron chi connectivity index (χ3n) is 3.82. The van der Waals surface area contributed by atoms with Gasteiger partial charge in [-0.05, 0) is 47.8 Å². The van der Waals surface area contributed by atoms with Gasteiger partial charge in [0.2, 0.25) is 0 Å². The monoisotopic (exact) mass is 348 g/mol. The average Bonchev–Trinajstić information content (AvgIpc) is 2.57. The van der Waals surface area contributed by atoms with Crippen molar-refractivity contribution in [2.75, 3.05) is 0 Å². The number of benzene rings is 1. The summed E-state index contributed by atoms with van der Waals surface area (Å²) in [5, 5.41) is 0.331. The number of rotatable bonds is 2. The van der Waals surface area contributed by atoms with Crippen molar-refractivity contribution in [1.29, 1.82) is 0 Å². The van der Waals surface area contributed by atoms with Gasteiger partial charge >= 0.3 is 0 Å². The Balaban J connectivity index is 2.37. The quantitative estimate of drug-likeness (QED) is 0.581. The number of halogens is 3. The second-order valence-electron chi connectivity index (χ2n) is 5.04. The fraction of sp³-hybridized carbons (Fsp3) is 0.500. The van der Waals surface area contributed by atoms with Gasteiger partial charge in [0.05, 0.1) is 28.7 Å². The van der Waals surface area contributed by atoms with E-state index in [-0.39, 0.29) is 35.4 Å². The molecular formula is C14H15BrClFO2. The standard InChI is InChI=1S/C14H15BrClFO2/c1-6-7(2)19-8(3)13(6)14(18)9-4-11(16)10(15)5-12(9)17/h4-8,13H,1-3H3. The molecule has 4 unspecified atom stereocenters. The molecule has 1 aliphatic rings. The van der Waals surface area contributed by atoms with E-state index in [1.807, 2.05) is 20.8 Å². The number of ketones is 1.